The zero-order chi connectivity index (χ0) is 23.0. The van der Waals surface area contributed by atoms with Gasteiger partial charge in [-0.25, -0.2) is 0 Å². The predicted molar refractivity (Wildman–Crippen MR) is 139 cm³/mol. The van der Waals surface area contributed by atoms with E-state index in [9.17, 15) is 0 Å². The first-order valence-corrected chi connectivity index (χ1v) is 14.6. The van der Waals surface area contributed by atoms with E-state index in [-0.39, 0.29) is 0 Å². The Hall–Kier alpha value is 0.230. The second-order valence-corrected chi connectivity index (χ2v) is 10.3. The van der Waals surface area contributed by atoms with Crippen LogP contribution < -0.4 is 0 Å². The van der Waals surface area contributed by atoms with Crippen LogP contribution in [0.25, 0.3) is 0 Å². The number of methoxy groups -OCH3 is 3. The van der Waals surface area contributed by atoms with Crippen LogP contribution >= 0.6 is 11.8 Å². The molecule has 0 aromatic rings. The Kier molecular flexibility index (Phi) is 23.6. The highest BCUT2D eigenvalue weighted by atomic mass is 32.2. The van der Waals surface area contributed by atoms with Crippen molar-refractivity contribution in [3.05, 3.63) is 0 Å². The van der Waals surface area contributed by atoms with E-state index in [0.717, 1.165) is 18.6 Å². The van der Waals surface area contributed by atoms with Gasteiger partial charge in [-0.3, -0.25) is 0 Å². The molecular formula is C27H56O3S. The van der Waals surface area contributed by atoms with Gasteiger partial charge in [-0.15, -0.1) is 0 Å². The van der Waals surface area contributed by atoms with E-state index in [4.69, 9.17) is 14.2 Å². The molecule has 0 fully saturated rings. The lowest BCUT2D eigenvalue weighted by molar-refractivity contribution is -0.379. The number of hydrogen-bond acceptors (Lipinski definition) is 4. The summed E-state index contributed by atoms with van der Waals surface area (Å²) in [6.45, 7) is 4.56. The fourth-order valence-corrected chi connectivity index (χ4v) is 5.50. The summed E-state index contributed by atoms with van der Waals surface area (Å²) in [6, 6.07) is 0. The molecule has 1 atom stereocenters. The summed E-state index contributed by atoms with van der Waals surface area (Å²) >= 11 is 2.09. The van der Waals surface area contributed by atoms with Crippen LogP contribution in [0.5, 0.6) is 0 Å². The summed E-state index contributed by atoms with van der Waals surface area (Å²) < 4.78 is 17.1. The molecule has 0 radical (unpaired) electrons. The Morgan fingerprint density at radius 3 is 1.39 bits per heavy atom. The van der Waals surface area contributed by atoms with Crippen molar-refractivity contribution in [1.82, 2.24) is 0 Å². The Balaban J connectivity index is 3.95. The van der Waals surface area contributed by atoms with Gasteiger partial charge in [0.1, 0.15) is 0 Å². The Labute approximate surface area is 200 Å². The van der Waals surface area contributed by atoms with E-state index in [0.29, 0.717) is 5.92 Å². The molecule has 0 saturated heterocycles. The number of rotatable bonds is 25. The molecule has 3 nitrogen and oxygen atoms in total. The molecule has 188 valence electrons. The first kappa shape index (κ1) is 31.2. The van der Waals surface area contributed by atoms with Crippen LogP contribution in [-0.4, -0.2) is 38.8 Å². The van der Waals surface area contributed by atoms with Crippen LogP contribution in [0.15, 0.2) is 0 Å². The molecule has 0 heterocycles. The van der Waals surface area contributed by atoms with E-state index >= 15 is 0 Å². The molecule has 0 amide bonds. The Morgan fingerprint density at radius 1 is 0.516 bits per heavy atom. The molecule has 0 saturated carbocycles. The topological polar surface area (TPSA) is 27.7 Å². The molecule has 0 spiro atoms. The lowest BCUT2D eigenvalue weighted by Crippen LogP contribution is -2.44. The monoisotopic (exact) mass is 460 g/mol. The standard InChI is InChI=1S/C27H56O3S/c1-6-8-10-12-14-15-16-17-19-21-24-31-25-23-26(27(28-3,29-4)30-5)22-20-18-13-11-9-7-2/h26H,6-25H2,1-5H3. The third-order valence-corrected chi connectivity index (χ3v) is 7.61. The van der Waals surface area contributed by atoms with Crippen LogP contribution in [-0.2, 0) is 14.2 Å². The quantitative estimate of drug-likeness (QED) is 0.100. The Morgan fingerprint density at radius 2 is 0.935 bits per heavy atom. The summed E-state index contributed by atoms with van der Waals surface area (Å²) in [4.78, 5) is 0. The minimum absolute atomic E-state index is 0.291. The van der Waals surface area contributed by atoms with E-state index in [1.165, 1.54) is 108 Å². The SMILES string of the molecule is CCCCCCCCCCCCSCCC(CCCCCCCC)C(OC)(OC)OC. The third kappa shape index (κ3) is 16.5. The average molecular weight is 461 g/mol. The predicted octanol–water partition coefficient (Wildman–Crippen LogP) is 8.99. The summed E-state index contributed by atoms with van der Waals surface area (Å²) in [5.41, 5.74) is 0. The Bertz CT molecular complexity index is 339. The maximum Gasteiger partial charge on any atom is 0.285 e. The largest absolute Gasteiger partial charge is 0.331 e. The van der Waals surface area contributed by atoms with E-state index in [2.05, 4.69) is 25.6 Å². The van der Waals surface area contributed by atoms with Gasteiger partial charge in [0, 0.05) is 27.2 Å². The highest BCUT2D eigenvalue weighted by Gasteiger charge is 2.39. The second kappa shape index (κ2) is 23.4. The van der Waals surface area contributed by atoms with Gasteiger partial charge in [0.2, 0.25) is 0 Å². The smallest absolute Gasteiger partial charge is 0.285 e. The van der Waals surface area contributed by atoms with Crippen molar-refractivity contribution in [3.63, 3.8) is 0 Å². The fraction of sp³-hybridized carbons (Fsp3) is 1.00. The minimum Gasteiger partial charge on any atom is -0.331 e. The van der Waals surface area contributed by atoms with Gasteiger partial charge in [-0.1, -0.05) is 110 Å². The molecule has 0 aliphatic rings. The van der Waals surface area contributed by atoms with Crippen LogP contribution in [0.3, 0.4) is 0 Å². The van der Waals surface area contributed by atoms with E-state index < -0.39 is 5.97 Å². The van der Waals surface area contributed by atoms with Crippen molar-refractivity contribution in [2.45, 2.75) is 135 Å². The highest BCUT2D eigenvalue weighted by Crippen LogP contribution is 2.32. The molecule has 0 rings (SSSR count). The molecule has 0 aliphatic carbocycles. The van der Waals surface area contributed by atoms with Crippen molar-refractivity contribution < 1.29 is 14.2 Å². The molecule has 0 N–H and O–H groups in total. The number of thioether (sulfide) groups is 1. The lowest BCUT2D eigenvalue weighted by atomic mass is 9.95. The van der Waals surface area contributed by atoms with Crippen molar-refractivity contribution in [1.29, 1.82) is 0 Å². The zero-order valence-corrected chi connectivity index (χ0v) is 22.7. The molecule has 31 heavy (non-hydrogen) atoms. The van der Waals surface area contributed by atoms with Gasteiger partial charge in [0.15, 0.2) is 0 Å². The molecule has 4 heteroatoms. The van der Waals surface area contributed by atoms with Crippen LogP contribution in [0.4, 0.5) is 0 Å². The maximum absolute atomic E-state index is 5.70. The summed E-state index contributed by atoms with van der Waals surface area (Å²) in [6.07, 6.45) is 24.2. The van der Waals surface area contributed by atoms with Gasteiger partial charge in [-0.2, -0.15) is 11.8 Å². The van der Waals surface area contributed by atoms with E-state index in [1.54, 1.807) is 21.3 Å². The van der Waals surface area contributed by atoms with Crippen LogP contribution in [0.1, 0.15) is 129 Å². The number of hydrogen-bond donors (Lipinski definition) is 0. The van der Waals surface area contributed by atoms with E-state index in [1.807, 2.05) is 0 Å². The van der Waals surface area contributed by atoms with Crippen LogP contribution in [0.2, 0.25) is 0 Å². The summed E-state index contributed by atoms with van der Waals surface area (Å²) in [5.74, 6) is 1.84. The average Bonchev–Trinajstić information content (AvgIpc) is 2.80. The number of ether oxygens (including phenoxy) is 3. The van der Waals surface area contributed by atoms with Gasteiger partial charge >= 0.3 is 0 Å². The van der Waals surface area contributed by atoms with Crippen molar-refractivity contribution in [2.24, 2.45) is 5.92 Å². The summed E-state index contributed by atoms with van der Waals surface area (Å²) in [5, 5.41) is 0. The fourth-order valence-electron chi connectivity index (χ4n) is 4.44. The first-order chi connectivity index (χ1) is 15.2. The molecule has 0 aromatic heterocycles. The lowest BCUT2D eigenvalue weighted by Gasteiger charge is -2.36. The molecule has 0 aliphatic heterocycles. The second-order valence-electron chi connectivity index (χ2n) is 9.05. The van der Waals surface area contributed by atoms with Gasteiger partial charge in [0.05, 0.1) is 0 Å². The van der Waals surface area contributed by atoms with Crippen LogP contribution in [0, 0.1) is 5.92 Å². The number of unbranched alkanes of at least 4 members (excludes halogenated alkanes) is 14. The van der Waals surface area contributed by atoms with Crippen molar-refractivity contribution >= 4 is 11.8 Å². The molecular weight excluding hydrogens is 404 g/mol. The first-order valence-electron chi connectivity index (χ1n) is 13.4. The van der Waals surface area contributed by atoms with Crippen molar-refractivity contribution in [2.75, 3.05) is 32.8 Å². The zero-order valence-electron chi connectivity index (χ0n) is 21.9. The minimum atomic E-state index is -0.888. The summed E-state index contributed by atoms with van der Waals surface area (Å²) in [7, 11) is 5.12. The highest BCUT2D eigenvalue weighted by molar-refractivity contribution is 7.99. The molecule has 0 bridgehead atoms. The molecule has 1 unspecified atom stereocenters. The van der Waals surface area contributed by atoms with Gasteiger partial charge in [-0.05, 0) is 30.8 Å². The van der Waals surface area contributed by atoms with Gasteiger partial charge in [0.25, 0.3) is 5.97 Å². The van der Waals surface area contributed by atoms with Gasteiger partial charge < -0.3 is 14.2 Å². The maximum atomic E-state index is 5.70. The normalized spacial score (nSPS) is 13.1. The molecule has 0 aromatic carbocycles. The third-order valence-electron chi connectivity index (χ3n) is 6.51. The van der Waals surface area contributed by atoms with Crippen molar-refractivity contribution in [3.8, 4) is 0 Å².